The first kappa shape index (κ1) is 13.6. The predicted molar refractivity (Wildman–Crippen MR) is 74.8 cm³/mol. The highest BCUT2D eigenvalue weighted by Crippen LogP contribution is 2.09. The van der Waals surface area contributed by atoms with Gasteiger partial charge in [0.1, 0.15) is 17.5 Å². The van der Waals surface area contributed by atoms with Gasteiger partial charge < -0.3 is 5.32 Å². The lowest BCUT2D eigenvalue weighted by Crippen LogP contribution is -2.18. The van der Waals surface area contributed by atoms with Gasteiger partial charge in [0.15, 0.2) is 5.65 Å². The minimum absolute atomic E-state index is 0.350. The molecule has 0 fully saturated rings. The van der Waals surface area contributed by atoms with Gasteiger partial charge in [0, 0.05) is 37.3 Å². The van der Waals surface area contributed by atoms with Crippen LogP contribution in [0.1, 0.15) is 11.4 Å². The average molecular weight is 288 g/mol. The van der Waals surface area contributed by atoms with Gasteiger partial charge in [-0.1, -0.05) is 12.1 Å². The smallest absolute Gasteiger partial charge is 0.160 e. The van der Waals surface area contributed by atoms with E-state index in [4.69, 9.17) is 0 Å². The van der Waals surface area contributed by atoms with Crippen LogP contribution in [0.2, 0.25) is 0 Å². The van der Waals surface area contributed by atoms with E-state index in [2.05, 4.69) is 15.5 Å². The van der Waals surface area contributed by atoms with Crippen LogP contribution >= 0.6 is 0 Å². The number of rotatable bonds is 5. The summed E-state index contributed by atoms with van der Waals surface area (Å²) in [5.41, 5.74) is 1.25. The number of hydrogen-bond acceptors (Lipinski definition) is 3. The van der Waals surface area contributed by atoms with Crippen molar-refractivity contribution in [2.75, 3.05) is 6.54 Å². The predicted octanol–water partition coefficient (Wildman–Crippen LogP) is 2.34. The van der Waals surface area contributed by atoms with Gasteiger partial charge in [-0.25, -0.2) is 8.78 Å². The monoisotopic (exact) mass is 288 g/mol. The lowest BCUT2D eigenvalue weighted by Gasteiger charge is -2.05. The maximum Gasteiger partial charge on any atom is 0.160 e. The Balaban J connectivity index is 1.57. The molecule has 1 aromatic carbocycles. The summed E-state index contributed by atoms with van der Waals surface area (Å²) in [4.78, 5) is 0. The fourth-order valence-corrected chi connectivity index (χ4v) is 2.15. The highest BCUT2D eigenvalue weighted by molar-refractivity contribution is 5.37. The van der Waals surface area contributed by atoms with E-state index in [1.165, 1.54) is 12.1 Å². The second kappa shape index (κ2) is 5.97. The van der Waals surface area contributed by atoms with Gasteiger partial charge in [0.25, 0.3) is 0 Å². The third-order valence-corrected chi connectivity index (χ3v) is 3.24. The van der Waals surface area contributed by atoms with Crippen molar-refractivity contribution in [3.63, 3.8) is 0 Å². The zero-order valence-corrected chi connectivity index (χ0v) is 11.3. The molecule has 4 nitrogen and oxygen atoms in total. The van der Waals surface area contributed by atoms with Crippen LogP contribution in [0, 0.1) is 11.6 Å². The minimum atomic E-state index is -0.564. The van der Waals surface area contributed by atoms with Gasteiger partial charge in [-0.15, -0.1) is 10.2 Å². The lowest BCUT2D eigenvalue weighted by atomic mass is 10.2. The Morgan fingerprint density at radius 1 is 1.10 bits per heavy atom. The molecule has 1 N–H and O–H groups in total. The summed E-state index contributed by atoms with van der Waals surface area (Å²) in [6, 6.07) is 9.31. The van der Waals surface area contributed by atoms with E-state index in [1.54, 1.807) is 0 Å². The molecule has 0 atom stereocenters. The van der Waals surface area contributed by atoms with E-state index in [0.717, 1.165) is 17.5 Å². The number of aromatic nitrogens is 3. The van der Waals surface area contributed by atoms with Gasteiger partial charge in [-0.05, 0) is 18.2 Å². The number of nitrogens with one attached hydrogen (secondary N) is 1. The molecule has 0 unspecified atom stereocenters. The first-order chi connectivity index (χ1) is 10.2. The maximum atomic E-state index is 13.5. The van der Waals surface area contributed by atoms with Gasteiger partial charge in [0.2, 0.25) is 0 Å². The van der Waals surface area contributed by atoms with Gasteiger partial charge >= 0.3 is 0 Å². The van der Waals surface area contributed by atoms with Crippen molar-refractivity contribution in [1.82, 2.24) is 19.9 Å². The molecular weight excluding hydrogens is 274 g/mol. The van der Waals surface area contributed by atoms with Crippen LogP contribution in [0.3, 0.4) is 0 Å². The summed E-state index contributed by atoms with van der Waals surface area (Å²) in [5, 5.41) is 11.3. The van der Waals surface area contributed by atoms with Crippen molar-refractivity contribution in [3.8, 4) is 0 Å². The fourth-order valence-electron chi connectivity index (χ4n) is 2.15. The first-order valence-corrected chi connectivity index (χ1v) is 6.67. The number of benzene rings is 1. The third-order valence-electron chi connectivity index (χ3n) is 3.24. The molecule has 3 rings (SSSR count). The van der Waals surface area contributed by atoms with E-state index in [1.807, 2.05) is 28.8 Å². The zero-order valence-electron chi connectivity index (χ0n) is 11.3. The highest BCUT2D eigenvalue weighted by Gasteiger charge is 2.05. The Morgan fingerprint density at radius 2 is 2.00 bits per heavy atom. The van der Waals surface area contributed by atoms with Gasteiger partial charge in [-0.2, -0.15) is 0 Å². The van der Waals surface area contributed by atoms with Crippen LogP contribution in [0.25, 0.3) is 5.65 Å². The van der Waals surface area contributed by atoms with Crippen LogP contribution in [-0.2, 0) is 13.0 Å². The van der Waals surface area contributed by atoms with Crippen molar-refractivity contribution in [2.45, 2.75) is 13.0 Å². The van der Waals surface area contributed by atoms with Crippen LogP contribution < -0.4 is 5.32 Å². The molecule has 21 heavy (non-hydrogen) atoms. The van der Waals surface area contributed by atoms with Crippen LogP contribution in [0.15, 0.2) is 42.6 Å². The largest absolute Gasteiger partial charge is 0.312 e. The lowest BCUT2D eigenvalue weighted by molar-refractivity contribution is 0.559. The summed E-state index contributed by atoms with van der Waals surface area (Å²) in [5.74, 6) is -0.251. The molecule has 3 aromatic rings. The molecule has 0 saturated carbocycles. The standard InChI is InChI=1S/C15H14F2N4/c16-12-5-4-11(13(17)9-12)10-18-7-6-15-20-19-14-3-1-2-8-21(14)15/h1-5,8-9,18H,6-7,10H2. The number of nitrogens with zero attached hydrogens (tertiary/aromatic N) is 3. The molecular formula is C15H14F2N4. The highest BCUT2D eigenvalue weighted by atomic mass is 19.1. The molecule has 0 aliphatic heterocycles. The first-order valence-electron chi connectivity index (χ1n) is 6.67. The molecule has 0 saturated heterocycles. The molecule has 0 spiro atoms. The van der Waals surface area contributed by atoms with Crippen molar-refractivity contribution >= 4 is 5.65 Å². The quantitative estimate of drug-likeness (QED) is 0.733. The van der Waals surface area contributed by atoms with Crippen molar-refractivity contribution in [1.29, 1.82) is 0 Å². The normalized spacial score (nSPS) is 11.1. The molecule has 0 radical (unpaired) electrons. The summed E-state index contributed by atoms with van der Waals surface area (Å²) >= 11 is 0. The van der Waals surface area contributed by atoms with E-state index >= 15 is 0 Å². The molecule has 108 valence electrons. The fraction of sp³-hybridized carbons (Fsp3) is 0.200. The van der Waals surface area contributed by atoms with E-state index in [-0.39, 0.29) is 0 Å². The summed E-state index contributed by atoms with van der Waals surface area (Å²) < 4.78 is 28.2. The average Bonchev–Trinajstić information content (AvgIpc) is 2.89. The van der Waals surface area contributed by atoms with Crippen molar-refractivity contribution in [3.05, 3.63) is 65.6 Å². The number of fused-ring (bicyclic) bond motifs is 1. The molecule has 2 heterocycles. The molecule has 6 heteroatoms. The Labute approximate surface area is 120 Å². The van der Waals surface area contributed by atoms with E-state index in [9.17, 15) is 8.78 Å². The molecule has 0 aliphatic rings. The number of pyridine rings is 1. The summed E-state index contributed by atoms with van der Waals surface area (Å²) in [6.07, 6.45) is 2.58. The second-order valence-corrected chi connectivity index (χ2v) is 4.71. The van der Waals surface area contributed by atoms with E-state index < -0.39 is 11.6 Å². The SMILES string of the molecule is Fc1ccc(CNCCc2nnc3ccccn23)c(F)c1. The van der Waals surface area contributed by atoms with E-state index in [0.29, 0.717) is 25.1 Å². The van der Waals surface area contributed by atoms with Gasteiger partial charge in [-0.3, -0.25) is 4.40 Å². The number of halogens is 2. The van der Waals surface area contributed by atoms with Crippen LogP contribution in [-0.4, -0.2) is 21.1 Å². The molecule has 0 bridgehead atoms. The third kappa shape index (κ3) is 3.05. The Kier molecular flexibility index (Phi) is 3.87. The molecule has 2 aromatic heterocycles. The zero-order chi connectivity index (χ0) is 14.7. The van der Waals surface area contributed by atoms with Crippen molar-refractivity contribution in [2.24, 2.45) is 0 Å². The summed E-state index contributed by atoms with van der Waals surface area (Å²) in [7, 11) is 0. The second-order valence-electron chi connectivity index (χ2n) is 4.71. The van der Waals surface area contributed by atoms with Crippen LogP contribution in [0.5, 0.6) is 0 Å². The summed E-state index contributed by atoms with van der Waals surface area (Å²) in [6.45, 7) is 0.982. The Bertz CT molecular complexity index is 754. The molecule has 0 amide bonds. The van der Waals surface area contributed by atoms with Crippen molar-refractivity contribution < 1.29 is 8.78 Å². The van der Waals surface area contributed by atoms with Gasteiger partial charge in [0.05, 0.1) is 0 Å². The maximum absolute atomic E-state index is 13.5. The van der Waals surface area contributed by atoms with Crippen LogP contribution in [0.4, 0.5) is 8.78 Å². The topological polar surface area (TPSA) is 42.2 Å². The Hall–Kier alpha value is -2.34. The minimum Gasteiger partial charge on any atom is -0.312 e. The number of hydrogen-bond donors (Lipinski definition) is 1. The Morgan fingerprint density at radius 3 is 2.86 bits per heavy atom. The molecule has 0 aliphatic carbocycles.